The van der Waals surface area contributed by atoms with Crippen molar-refractivity contribution in [2.45, 2.75) is 37.6 Å². The van der Waals surface area contributed by atoms with Crippen LogP contribution in [-0.4, -0.2) is 20.1 Å². The van der Waals surface area contributed by atoms with Crippen molar-refractivity contribution >= 4 is 11.8 Å². The molecule has 1 fully saturated rings. The summed E-state index contributed by atoms with van der Waals surface area (Å²) in [5.41, 5.74) is 6.78. The molecule has 0 aromatic carbocycles. The first-order chi connectivity index (χ1) is 6.73. The highest BCUT2D eigenvalue weighted by Gasteiger charge is 2.30. The van der Waals surface area contributed by atoms with Crippen LogP contribution in [-0.2, 0) is 13.1 Å². The van der Waals surface area contributed by atoms with Crippen molar-refractivity contribution in [1.82, 2.24) is 9.55 Å². The lowest BCUT2D eigenvalue weighted by atomic mass is 10.1. The Labute approximate surface area is 89.1 Å². The van der Waals surface area contributed by atoms with Gasteiger partial charge in [0.1, 0.15) is 0 Å². The van der Waals surface area contributed by atoms with E-state index in [0.29, 0.717) is 11.3 Å². The van der Waals surface area contributed by atoms with Gasteiger partial charge in [-0.05, 0) is 25.5 Å². The second-order valence-corrected chi connectivity index (χ2v) is 5.80. The Kier molecular flexibility index (Phi) is 2.83. The molecule has 2 rings (SSSR count). The topological polar surface area (TPSA) is 43.8 Å². The Balaban J connectivity index is 2.09. The van der Waals surface area contributed by atoms with Crippen molar-refractivity contribution in [3.05, 3.63) is 18.2 Å². The molecular weight excluding hydrogens is 194 g/mol. The van der Waals surface area contributed by atoms with Gasteiger partial charge in [-0.25, -0.2) is 4.98 Å². The molecule has 1 aliphatic heterocycles. The van der Waals surface area contributed by atoms with E-state index >= 15 is 0 Å². The maximum absolute atomic E-state index is 5.64. The molecule has 0 aliphatic carbocycles. The molecule has 2 heterocycles. The lowest BCUT2D eigenvalue weighted by Crippen LogP contribution is -2.24. The normalized spacial score (nSPS) is 27.0. The molecule has 1 unspecified atom stereocenters. The zero-order valence-electron chi connectivity index (χ0n) is 8.57. The molecule has 14 heavy (non-hydrogen) atoms. The highest BCUT2D eigenvalue weighted by atomic mass is 32.2. The lowest BCUT2D eigenvalue weighted by molar-refractivity contribution is 0.499. The first kappa shape index (κ1) is 10.1. The van der Waals surface area contributed by atoms with Gasteiger partial charge in [-0.1, -0.05) is 0 Å². The number of hydrogen-bond donors (Lipinski definition) is 1. The summed E-state index contributed by atoms with van der Waals surface area (Å²) in [6.45, 7) is 3.97. The summed E-state index contributed by atoms with van der Waals surface area (Å²) in [6, 6.07) is 0. The van der Waals surface area contributed by atoms with Gasteiger partial charge < -0.3 is 10.3 Å². The minimum atomic E-state index is 0.393. The lowest BCUT2D eigenvalue weighted by Gasteiger charge is -2.23. The summed E-state index contributed by atoms with van der Waals surface area (Å²) in [7, 11) is 0. The van der Waals surface area contributed by atoms with Gasteiger partial charge in [-0.3, -0.25) is 0 Å². The fourth-order valence-electron chi connectivity index (χ4n) is 1.98. The molecule has 0 saturated carbocycles. The quantitative estimate of drug-likeness (QED) is 0.826. The van der Waals surface area contributed by atoms with Crippen LogP contribution < -0.4 is 5.73 Å². The van der Waals surface area contributed by atoms with Gasteiger partial charge in [0.25, 0.3) is 0 Å². The number of nitrogens with two attached hydrogens (primary N) is 1. The maximum Gasteiger partial charge on any atom is 0.0949 e. The number of imidazole rings is 1. The molecule has 2 N–H and O–H groups in total. The Morgan fingerprint density at radius 3 is 3.21 bits per heavy atom. The van der Waals surface area contributed by atoms with Crippen molar-refractivity contribution in [3.8, 4) is 0 Å². The van der Waals surface area contributed by atoms with Crippen LogP contribution in [0.1, 0.15) is 25.5 Å². The van der Waals surface area contributed by atoms with Crippen molar-refractivity contribution in [2.75, 3.05) is 5.75 Å². The van der Waals surface area contributed by atoms with Gasteiger partial charge in [-0.2, -0.15) is 11.8 Å². The van der Waals surface area contributed by atoms with E-state index in [2.05, 4.69) is 28.2 Å². The van der Waals surface area contributed by atoms with Gasteiger partial charge in [0.2, 0.25) is 0 Å². The van der Waals surface area contributed by atoms with Gasteiger partial charge in [-0.15, -0.1) is 0 Å². The van der Waals surface area contributed by atoms with E-state index in [0.717, 1.165) is 12.2 Å². The predicted octanol–water partition coefficient (Wildman–Crippen LogP) is 1.63. The number of rotatable bonds is 3. The molecular formula is C10H17N3S. The van der Waals surface area contributed by atoms with Gasteiger partial charge >= 0.3 is 0 Å². The second-order valence-electron chi connectivity index (χ2n) is 4.12. The summed E-state index contributed by atoms with van der Waals surface area (Å²) < 4.78 is 2.59. The SMILES string of the molecule is CC1(Cn2cncc2CN)CCCS1. The standard InChI is InChI=1S/C10H17N3S/c1-10(3-2-4-14-10)7-13-8-12-6-9(13)5-11/h6,8H,2-5,7,11H2,1H3. The van der Waals surface area contributed by atoms with Crippen molar-refractivity contribution in [1.29, 1.82) is 0 Å². The first-order valence-corrected chi connectivity index (χ1v) is 6.05. The van der Waals surface area contributed by atoms with Crippen LogP contribution >= 0.6 is 11.8 Å². The van der Waals surface area contributed by atoms with E-state index in [9.17, 15) is 0 Å². The van der Waals surface area contributed by atoms with Crippen molar-refractivity contribution < 1.29 is 0 Å². The maximum atomic E-state index is 5.64. The minimum Gasteiger partial charge on any atom is -0.332 e. The summed E-state index contributed by atoms with van der Waals surface area (Å²) >= 11 is 2.07. The van der Waals surface area contributed by atoms with Gasteiger partial charge in [0.15, 0.2) is 0 Å². The molecule has 1 saturated heterocycles. The Morgan fingerprint density at radius 2 is 2.57 bits per heavy atom. The van der Waals surface area contributed by atoms with Crippen LogP contribution in [0.5, 0.6) is 0 Å². The second kappa shape index (κ2) is 3.95. The largest absolute Gasteiger partial charge is 0.332 e. The van der Waals surface area contributed by atoms with Crippen LogP contribution in [0.4, 0.5) is 0 Å². The Morgan fingerprint density at radius 1 is 1.71 bits per heavy atom. The predicted molar refractivity (Wildman–Crippen MR) is 60.2 cm³/mol. The van der Waals surface area contributed by atoms with Crippen LogP contribution in [0.25, 0.3) is 0 Å². The average molecular weight is 211 g/mol. The highest BCUT2D eigenvalue weighted by molar-refractivity contribution is 8.00. The van der Waals surface area contributed by atoms with Crippen LogP contribution in [0.2, 0.25) is 0 Å². The average Bonchev–Trinajstić information content (AvgIpc) is 2.75. The molecule has 0 amide bonds. The smallest absolute Gasteiger partial charge is 0.0949 e. The molecule has 0 bridgehead atoms. The third-order valence-electron chi connectivity index (χ3n) is 2.81. The minimum absolute atomic E-state index is 0.393. The third-order valence-corrected chi connectivity index (χ3v) is 4.34. The molecule has 1 aliphatic rings. The van der Waals surface area contributed by atoms with Gasteiger partial charge in [0, 0.05) is 24.0 Å². The first-order valence-electron chi connectivity index (χ1n) is 5.06. The highest BCUT2D eigenvalue weighted by Crippen LogP contribution is 2.39. The molecule has 4 heteroatoms. The number of thioether (sulfide) groups is 1. The number of hydrogen-bond acceptors (Lipinski definition) is 3. The number of nitrogens with zero attached hydrogens (tertiary/aromatic N) is 2. The van der Waals surface area contributed by atoms with E-state index in [1.165, 1.54) is 18.6 Å². The number of aromatic nitrogens is 2. The molecule has 78 valence electrons. The molecule has 3 nitrogen and oxygen atoms in total. The fourth-order valence-corrected chi connectivity index (χ4v) is 3.28. The van der Waals surface area contributed by atoms with Crippen molar-refractivity contribution in [3.63, 3.8) is 0 Å². The van der Waals surface area contributed by atoms with E-state index < -0.39 is 0 Å². The van der Waals surface area contributed by atoms with E-state index in [1.807, 2.05) is 12.5 Å². The molecule has 1 aromatic heterocycles. The zero-order valence-corrected chi connectivity index (χ0v) is 9.39. The molecule has 1 aromatic rings. The zero-order chi connectivity index (χ0) is 10.0. The van der Waals surface area contributed by atoms with E-state index in [4.69, 9.17) is 5.73 Å². The van der Waals surface area contributed by atoms with Gasteiger partial charge in [0.05, 0.1) is 12.0 Å². The molecule has 0 radical (unpaired) electrons. The Hall–Kier alpha value is -0.480. The summed E-state index contributed by atoms with van der Waals surface area (Å²) in [4.78, 5) is 4.14. The summed E-state index contributed by atoms with van der Waals surface area (Å²) in [6.07, 6.45) is 6.41. The van der Waals surface area contributed by atoms with Crippen LogP contribution in [0.15, 0.2) is 12.5 Å². The monoisotopic (exact) mass is 211 g/mol. The molecule has 1 atom stereocenters. The third kappa shape index (κ3) is 1.96. The molecule has 0 spiro atoms. The van der Waals surface area contributed by atoms with Crippen LogP contribution in [0.3, 0.4) is 0 Å². The fraction of sp³-hybridized carbons (Fsp3) is 0.700. The van der Waals surface area contributed by atoms with Crippen molar-refractivity contribution in [2.24, 2.45) is 5.73 Å². The summed E-state index contributed by atoms with van der Waals surface area (Å²) in [5.74, 6) is 1.29. The summed E-state index contributed by atoms with van der Waals surface area (Å²) in [5, 5.41) is 0. The van der Waals surface area contributed by atoms with Crippen LogP contribution in [0, 0.1) is 0 Å². The van der Waals surface area contributed by atoms with E-state index in [-0.39, 0.29) is 0 Å². The Bertz CT molecular complexity index is 302. The van der Waals surface area contributed by atoms with E-state index in [1.54, 1.807) is 0 Å².